The lowest BCUT2D eigenvalue weighted by atomic mass is 9.79. The first-order chi connectivity index (χ1) is 8.80. The molecule has 0 heterocycles. The van der Waals surface area contributed by atoms with Gasteiger partial charge in [0, 0.05) is 25.7 Å². The van der Waals surface area contributed by atoms with Crippen LogP contribution in [0, 0.1) is 0 Å². The van der Waals surface area contributed by atoms with E-state index in [9.17, 15) is 0 Å². The SMILES string of the molecule is COCCCc1ccc(C2(CN)CCCC2)cc1. The van der Waals surface area contributed by atoms with Gasteiger partial charge in [0.05, 0.1) is 0 Å². The molecular weight excluding hydrogens is 222 g/mol. The fraction of sp³-hybridized carbons (Fsp3) is 0.625. The molecule has 0 amide bonds. The van der Waals surface area contributed by atoms with E-state index in [0.29, 0.717) is 0 Å². The summed E-state index contributed by atoms with van der Waals surface area (Å²) in [5.41, 5.74) is 9.14. The summed E-state index contributed by atoms with van der Waals surface area (Å²) in [6.45, 7) is 1.63. The second-order valence-electron chi connectivity index (χ2n) is 5.48. The van der Waals surface area contributed by atoms with Gasteiger partial charge in [-0.3, -0.25) is 0 Å². The maximum absolute atomic E-state index is 6.02. The molecule has 1 aromatic rings. The number of ether oxygens (including phenoxy) is 1. The van der Waals surface area contributed by atoms with Gasteiger partial charge in [-0.1, -0.05) is 37.1 Å². The molecule has 0 radical (unpaired) electrons. The molecule has 0 unspecified atom stereocenters. The third-order valence-electron chi connectivity index (χ3n) is 4.33. The Morgan fingerprint density at radius 1 is 1.17 bits per heavy atom. The van der Waals surface area contributed by atoms with E-state index in [1.54, 1.807) is 7.11 Å². The summed E-state index contributed by atoms with van der Waals surface area (Å²) in [5.74, 6) is 0. The Hall–Kier alpha value is -0.860. The first-order valence-electron chi connectivity index (χ1n) is 7.09. The Kier molecular flexibility index (Phi) is 4.79. The van der Waals surface area contributed by atoms with Crippen LogP contribution in [0.4, 0.5) is 0 Å². The largest absolute Gasteiger partial charge is 0.385 e. The summed E-state index contributed by atoms with van der Waals surface area (Å²) < 4.78 is 5.09. The van der Waals surface area contributed by atoms with E-state index in [1.165, 1.54) is 36.8 Å². The third-order valence-corrected chi connectivity index (χ3v) is 4.33. The van der Waals surface area contributed by atoms with Gasteiger partial charge in [0.1, 0.15) is 0 Å². The van der Waals surface area contributed by atoms with Crippen LogP contribution in [-0.2, 0) is 16.6 Å². The van der Waals surface area contributed by atoms with Crippen molar-refractivity contribution in [2.24, 2.45) is 5.73 Å². The van der Waals surface area contributed by atoms with Gasteiger partial charge >= 0.3 is 0 Å². The topological polar surface area (TPSA) is 35.2 Å². The third kappa shape index (κ3) is 2.93. The van der Waals surface area contributed by atoms with Gasteiger partial charge < -0.3 is 10.5 Å². The molecular formula is C16H25NO. The highest BCUT2D eigenvalue weighted by Gasteiger charge is 2.33. The minimum Gasteiger partial charge on any atom is -0.385 e. The number of benzene rings is 1. The molecule has 2 nitrogen and oxygen atoms in total. The van der Waals surface area contributed by atoms with Gasteiger partial charge in [0.15, 0.2) is 0 Å². The van der Waals surface area contributed by atoms with Gasteiger partial charge in [0.2, 0.25) is 0 Å². The molecule has 1 aromatic carbocycles. The zero-order chi connectivity index (χ0) is 12.8. The first-order valence-corrected chi connectivity index (χ1v) is 7.09. The number of hydrogen-bond acceptors (Lipinski definition) is 2. The van der Waals surface area contributed by atoms with E-state index >= 15 is 0 Å². The molecule has 100 valence electrons. The maximum Gasteiger partial charge on any atom is 0.0465 e. The van der Waals surface area contributed by atoms with Crippen LogP contribution in [0.3, 0.4) is 0 Å². The summed E-state index contributed by atoms with van der Waals surface area (Å²) in [6.07, 6.45) is 7.36. The second-order valence-corrected chi connectivity index (χ2v) is 5.48. The van der Waals surface area contributed by atoms with E-state index < -0.39 is 0 Å². The average molecular weight is 247 g/mol. The van der Waals surface area contributed by atoms with Crippen molar-refractivity contribution in [3.63, 3.8) is 0 Å². The van der Waals surface area contributed by atoms with Gasteiger partial charge in [0.25, 0.3) is 0 Å². The standard InChI is InChI=1S/C16H25NO/c1-18-12-4-5-14-6-8-15(9-7-14)16(13-17)10-2-3-11-16/h6-9H,2-5,10-13,17H2,1H3. The first kappa shape index (κ1) is 13.6. The average Bonchev–Trinajstić information content (AvgIpc) is 2.90. The highest BCUT2D eigenvalue weighted by molar-refractivity contribution is 5.30. The number of methoxy groups -OCH3 is 1. The fourth-order valence-corrected chi connectivity index (χ4v) is 3.11. The van der Waals surface area contributed by atoms with Gasteiger partial charge in [-0.05, 0) is 36.8 Å². The van der Waals surface area contributed by atoms with Crippen LogP contribution >= 0.6 is 0 Å². The summed E-state index contributed by atoms with van der Waals surface area (Å²) in [6, 6.07) is 9.11. The van der Waals surface area contributed by atoms with Crippen LogP contribution in [0.2, 0.25) is 0 Å². The van der Waals surface area contributed by atoms with Crippen molar-refractivity contribution in [3.8, 4) is 0 Å². The van der Waals surface area contributed by atoms with Crippen molar-refractivity contribution < 1.29 is 4.74 Å². The van der Waals surface area contributed by atoms with Crippen molar-refractivity contribution in [2.45, 2.75) is 43.9 Å². The summed E-state index contributed by atoms with van der Waals surface area (Å²) in [7, 11) is 1.76. The quantitative estimate of drug-likeness (QED) is 0.784. The Morgan fingerprint density at radius 2 is 1.83 bits per heavy atom. The fourth-order valence-electron chi connectivity index (χ4n) is 3.11. The molecule has 1 aliphatic carbocycles. The molecule has 18 heavy (non-hydrogen) atoms. The summed E-state index contributed by atoms with van der Waals surface area (Å²) in [4.78, 5) is 0. The van der Waals surface area contributed by atoms with Gasteiger partial charge in [-0.2, -0.15) is 0 Å². The van der Waals surface area contributed by atoms with E-state index in [1.807, 2.05) is 0 Å². The molecule has 0 aliphatic heterocycles. The number of hydrogen-bond donors (Lipinski definition) is 1. The highest BCUT2D eigenvalue weighted by atomic mass is 16.5. The lowest BCUT2D eigenvalue weighted by Crippen LogP contribution is -2.31. The maximum atomic E-state index is 6.02. The number of rotatable bonds is 6. The Bertz CT molecular complexity index is 352. The number of nitrogens with two attached hydrogens (primary N) is 1. The van der Waals surface area contributed by atoms with Crippen LogP contribution in [0.25, 0.3) is 0 Å². The smallest absolute Gasteiger partial charge is 0.0465 e. The highest BCUT2D eigenvalue weighted by Crippen LogP contribution is 2.40. The zero-order valence-corrected chi connectivity index (χ0v) is 11.5. The molecule has 0 atom stereocenters. The summed E-state index contributed by atoms with van der Waals surface area (Å²) in [5, 5.41) is 0. The molecule has 0 saturated heterocycles. The molecule has 2 N–H and O–H groups in total. The monoisotopic (exact) mass is 247 g/mol. The van der Waals surface area contributed by atoms with E-state index in [2.05, 4.69) is 24.3 Å². The second kappa shape index (κ2) is 6.35. The van der Waals surface area contributed by atoms with Crippen molar-refractivity contribution in [2.75, 3.05) is 20.3 Å². The molecule has 0 bridgehead atoms. The minimum atomic E-state index is 0.269. The lowest BCUT2D eigenvalue weighted by molar-refractivity contribution is 0.195. The van der Waals surface area contributed by atoms with Gasteiger partial charge in [-0.15, -0.1) is 0 Å². The Morgan fingerprint density at radius 3 is 2.39 bits per heavy atom. The molecule has 2 heteroatoms. The predicted octanol–water partition coefficient (Wildman–Crippen LogP) is 3.04. The lowest BCUT2D eigenvalue weighted by Gasteiger charge is -2.28. The molecule has 1 saturated carbocycles. The van der Waals surface area contributed by atoms with E-state index in [4.69, 9.17) is 10.5 Å². The Labute approximate surface area is 111 Å². The molecule has 0 spiro atoms. The van der Waals surface area contributed by atoms with Crippen molar-refractivity contribution in [3.05, 3.63) is 35.4 Å². The van der Waals surface area contributed by atoms with Crippen LogP contribution in [0.15, 0.2) is 24.3 Å². The van der Waals surface area contributed by atoms with Crippen molar-refractivity contribution in [1.82, 2.24) is 0 Å². The van der Waals surface area contributed by atoms with Crippen molar-refractivity contribution in [1.29, 1.82) is 0 Å². The van der Waals surface area contributed by atoms with Crippen LogP contribution in [0.1, 0.15) is 43.2 Å². The van der Waals surface area contributed by atoms with Crippen LogP contribution in [0.5, 0.6) is 0 Å². The van der Waals surface area contributed by atoms with E-state index in [-0.39, 0.29) is 5.41 Å². The number of aryl methyl sites for hydroxylation is 1. The molecule has 1 aliphatic rings. The minimum absolute atomic E-state index is 0.269. The van der Waals surface area contributed by atoms with E-state index in [0.717, 1.165) is 26.0 Å². The summed E-state index contributed by atoms with van der Waals surface area (Å²) >= 11 is 0. The normalized spacial score (nSPS) is 18.1. The zero-order valence-electron chi connectivity index (χ0n) is 11.5. The predicted molar refractivity (Wildman–Crippen MR) is 75.8 cm³/mol. The van der Waals surface area contributed by atoms with Gasteiger partial charge in [-0.25, -0.2) is 0 Å². The molecule has 2 rings (SSSR count). The van der Waals surface area contributed by atoms with Crippen molar-refractivity contribution >= 4 is 0 Å². The van der Waals surface area contributed by atoms with Crippen LogP contribution < -0.4 is 5.73 Å². The molecule has 1 fully saturated rings. The Balaban J connectivity index is 2.02. The van der Waals surface area contributed by atoms with Crippen LogP contribution in [-0.4, -0.2) is 20.3 Å². The molecule has 0 aromatic heterocycles.